The van der Waals surface area contributed by atoms with Crippen molar-refractivity contribution in [1.82, 2.24) is 4.98 Å². The van der Waals surface area contributed by atoms with Crippen molar-refractivity contribution in [3.05, 3.63) is 53.1 Å². The molecule has 0 aliphatic heterocycles. The Bertz CT molecular complexity index is 664. The maximum Gasteiger partial charge on any atom is 0.274 e. The Labute approximate surface area is 133 Å². The van der Waals surface area contributed by atoms with Crippen LogP contribution in [0.2, 0.25) is 5.02 Å². The predicted molar refractivity (Wildman–Crippen MR) is 87.0 cm³/mol. The van der Waals surface area contributed by atoms with Gasteiger partial charge in [-0.3, -0.25) is 9.78 Å². The summed E-state index contributed by atoms with van der Waals surface area (Å²) >= 11 is 5.69. The third-order valence-electron chi connectivity index (χ3n) is 3.03. The fraction of sp³-hybridized carbons (Fsp3) is 0.250. The molecule has 0 spiro atoms. The topological polar surface area (TPSA) is 54.0 Å². The van der Waals surface area contributed by atoms with Crippen molar-refractivity contribution < 1.29 is 9.18 Å². The lowest BCUT2D eigenvalue weighted by Gasteiger charge is -2.08. The molecule has 1 aromatic heterocycles. The molecular weight excluding hydrogens is 305 g/mol. The molecule has 1 amide bonds. The van der Waals surface area contributed by atoms with Crippen LogP contribution < -0.4 is 10.6 Å². The smallest absolute Gasteiger partial charge is 0.274 e. The SMILES string of the molecule is CCCCNc1ccnc(C(=O)Nc2ccc(F)c(Cl)c2)c1. The molecule has 6 heteroatoms. The van der Waals surface area contributed by atoms with E-state index in [1.807, 2.05) is 0 Å². The number of benzene rings is 1. The molecule has 0 radical (unpaired) electrons. The van der Waals surface area contributed by atoms with Crippen LogP contribution in [0.1, 0.15) is 30.3 Å². The Morgan fingerprint density at radius 2 is 2.09 bits per heavy atom. The Balaban J connectivity index is 2.05. The van der Waals surface area contributed by atoms with Gasteiger partial charge in [-0.25, -0.2) is 4.39 Å². The Kier molecular flexibility index (Phi) is 5.72. The molecule has 116 valence electrons. The third-order valence-corrected chi connectivity index (χ3v) is 3.32. The van der Waals surface area contributed by atoms with Crippen LogP contribution in [0.5, 0.6) is 0 Å². The summed E-state index contributed by atoms with van der Waals surface area (Å²) in [6, 6.07) is 7.49. The van der Waals surface area contributed by atoms with Crippen LogP contribution in [0.25, 0.3) is 0 Å². The molecule has 4 nitrogen and oxygen atoms in total. The summed E-state index contributed by atoms with van der Waals surface area (Å²) in [5, 5.41) is 5.83. The standard InChI is InChI=1S/C16H17ClFN3O/c1-2-3-7-19-11-6-8-20-15(10-11)16(22)21-12-4-5-14(18)13(17)9-12/h4-6,8-10H,2-3,7H2,1H3,(H,19,20)(H,21,22). The van der Waals surface area contributed by atoms with E-state index in [2.05, 4.69) is 22.5 Å². The second kappa shape index (κ2) is 7.75. The van der Waals surface area contributed by atoms with Gasteiger partial charge in [0.2, 0.25) is 0 Å². The molecule has 1 heterocycles. The van der Waals surface area contributed by atoms with Gasteiger partial charge in [-0.05, 0) is 36.8 Å². The summed E-state index contributed by atoms with van der Waals surface area (Å²) in [5.74, 6) is -0.901. The average molecular weight is 322 g/mol. The fourth-order valence-corrected chi connectivity index (χ4v) is 2.02. The van der Waals surface area contributed by atoms with Gasteiger partial charge in [-0.2, -0.15) is 0 Å². The zero-order valence-electron chi connectivity index (χ0n) is 12.2. The predicted octanol–water partition coefficient (Wildman–Crippen LogP) is 4.34. The number of amides is 1. The Morgan fingerprint density at radius 3 is 2.82 bits per heavy atom. The molecule has 2 rings (SSSR count). The van der Waals surface area contributed by atoms with Gasteiger partial charge in [0.05, 0.1) is 5.02 Å². The van der Waals surface area contributed by atoms with Crippen LogP contribution in [0.3, 0.4) is 0 Å². The van der Waals surface area contributed by atoms with Gasteiger partial charge in [0, 0.05) is 24.1 Å². The number of nitrogens with zero attached hydrogens (tertiary/aromatic N) is 1. The highest BCUT2D eigenvalue weighted by Crippen LogP contribution is 2.20. The van der Waals surface area contributed by atoms with Crippen LogP contribution in [0, 0.1) is 5.82 Å². The number of carbonyl (C=O) groups excluding carboxylic acids is 1. The van der Waals surface area contributed by atoms with Gasteiger partial charge in [-0.1, -0.05) is 24.9 Å². The van der Waals surface area contributed by atoms with Gasteiger partial charge in [0.25, 0.3) is 5.91 Å². The van der Waals surface area contributed by atoms with E-state index < -0.39 is 5.82 Å². The van der Waals surface area contributed by atoms with Crippen molar-refractivity contribution in [2.45, 2.75) is 19.8 Å². The minimum Gasteiger partial charge on any atom is -0.385 e. The summed E-state index contributed by atoms with van der Waals surface area (Å²) in [4.78, 5) is 16.2. The van der Waals surface area contributed by atoms with Crippen LogP contribution in [-0.4, -0.2) is 17.4 Å². The van der Waals surface area contributed by atoms with Gasteiger partial charge >= 0.3 is 0 Å². The normalized spacial score (nSPS) is 10.3. The van der Waals surface area contributed by atoms with Crippen molar-refractivity contribution >= 4 is 28.9 Å². The third kappa shape index (κ3) is 4.43. The average Bonchev–Trinajstić information content (AvgIpc) is 2.51. The monoisotopic (exact) mass is 321 g/mol. The first-order valence-corrected chi connectivity index (χ1v) is 7.44. The number of anilines is 2. The minimum atomic E-state index is -0.528. The van der Waals surface area contributed by atoms with E-state index in [-0.39, 0.29) is 16.6 Å². The number of unbranched alkanes of at least 4 members (excludes halogenated alkanes) is 1. The largest absolute Gasteiger partial charge is 0.385 e. The molecule has 0 atom stereocenters. The van der Waals surface area contributed by atoms with Gasteiger partial charge in [0.1, 0.15) is 11.5 Å². The minimum absolute atomic E-state index is 0.0410. The second-order valence-corrected chi connectivity index (χ2v) is 5.20. The van der Waals surface area contributed by atoms with E-state index >= 15 is 0 Å². The maximum atomic E-state index is 13.1. The lowest BCUT2D eigenvalue weighted by molar-refractivity contribution is 0.102. The highest BCUT2D eigenvalue weighted by Gasteiger charge is 2.09. The lowest BCUT2D eigenvalue weighted by atomic mass is 10.2. The molecule has 0 bridgehead atoms. The number of aromatic nitrogens is 1. The number of nitrogens with one attached hydrogen (secondary N) is 2. The lowest BCUT2D eigenvalue weighted by Crippen LogP contribution is -2.14. The van der Waals surface area contributed by atoms with E-state index in [1.165, 1.54) is 18.2 Å². The van der Waals surface area contributed by atoms with Crippen molar-refractivity contribution in [3.8, 4) is 0 Å². The van der Waals surface area contributed by atoms with E-state index in [9.17, 15) is 9.18 Å². The van der Waals surface area contributed by atoms with E-state index in [0.717, 1.165) is 25.1 Å². The number of pyridine rings is 1. The zero-order chi connectivity index (χ0) is 15.9. The number of rotatable bonds is 6. The molecule has 0 fully saturated rings. The van der Waals surface area contributed by atoms with Crippen molar-refractivity contribution in [2.75, 3.05) is 17.2 Å². The Morgan fingerprint density at radius 1 is 1.27 bits per heavy atom. The first-order valence-electron chi connectivity index (χ1n) is 7.06. The van der Waals surface area contributed by atoms with Crippen molar-refractivity contribution in [1.29, 1.82) is 0 Å². The van der Waals surface area contributed by atoms with Gasteiger partial charge in [0.15, 0.2) is 0 Å². The van der Waals surface area contributed by atoms with Crippen LogP contribution >= 0.6 is 11.6 Å². The first kappa shape index (κ1) is 16.2. The van der Waals surface area contributed by atoms with Crippen LogP contribution in [0.15, 0.2) is 36.5 Å². The first-order chi connectivity index (χ1) is 10.6. The van der Waals surface area contributed by atoms with Gasteiger partial charge < -0.3 is 10.6 Å². The molecule has 0 unspecified atom stereocenters. The highest BCUT2D eigenvalue weighted by atomic mass is 35.5. The summed E-state index contributed by atoms with van der Waals surface area (Å²) < 4.78 is 13.1. The molecule has 0 aliphatic carbocycles. The van der Waals surface area contributed by atoms with Crippen molar-refractivity contribution in [3.63, 3.8) is 0 Å². The molecule has 0 aliphatic rings. The number of hydrogen-bond donors (Lipinski definition) is 2. The zero-order valence-corrected chi connectivity index (χ0v) is 13.0. The second-order valence-electron chi connectivity index (χ2n) is 4.79. The summed E-state index contributed by atoms with van der Waals surface area (Å²) in [5.41, 5.74) is 1.54. The quantitative estimate of drug-likeness (QED) is 0.778. The molecule has 0 saturated carbocycles. The molecule has 0 saturated heterocycles. The Hall–Kier alpha value is -2.14. The number of hydrogen-bond acceptors (Lipinski definition) is 3. The maximum absolute atomic E-state index is 13.1. The van der Waals surface area contributed by atoms with Gasteiger partial charge in [-0.15, -0.1) is 0 Å². The van der Waals surface area contributed by atoms with E-state index in [0.29, 0.717) is 5.69 Å². The number of carbonyl (C=O) groups is 1. The van der Waals surface area contributed by atoms with E-state index in [1.54, 1.807) is 18.3 Å². The summed E-state index contributed by atoms with van der Waals surface area (Å²) in [7, 11) is 0. The molecule has 1 aromatic carbocycles. The summed E-state index contributed by atoms with van der Waals surface area (Å²) in [6.07, 6.45) is 3.72. The van der Waals surface area contributed by atoms with E-state index in [4.69, 9.17) is 11.6 Å². The van der Waals surface area contributed by atoms with Crippen LogP contribution in [0.4, 0.5) is 15.8 Å². The highest BCUT2D eigenvalue weighted by molar-refractivity contribution is 6.31. The molecule has 2 N–H and O–H groups in total. The molecule has 22 heavy (non-hydrogen) atoms. The van der Waals surface area contributed by atoms with Crippen LogP contribution in [-0.2, 0) is 0 Å². The van der Waals surface area contributed by atoms with Crippen molar-refractivity contribution in [2.24, 2.45) is 0 Å². The number of halogens is 2. The molecule has 2 aromatic rings. The molecular formula is C16H17ClFN3O. The summed E-state index contributed by atoms with van der Waals surface area (Å²) in [6.45, 7) is 2.95. The fourth-order valence-electron chi connectivity index (χ4n) is 1.84.